The smallest absolute Gasteiger partial charge is 0.339 e. The number of rotatable bonds is 3. The van der Waals surface area contributed by atoms with Gasteiger partial charge >= 0.3 is 17.8 Å². The van der Waals surface area contributed by atoms with Gasteiger partial charge in [0.05, 0.1) is 0 Å². The van der Waals surface area contributed by atoms with Crippen molar-refractivity contribution in [2.24, 2.45) is 0 Å². The van der Waals surface area contributed by atoms with Gasteiger partial charge in [0.1, 0.15) is 12.3 Å². The fourth-order valence-electron chi connectivity index (χ4n) is 1.16. The van der Waals surface area contributed by atoms with Crippen LogP contribution in [0.4, 0.5) is 0 Å². The van der Waals surface area contributed by atoms with Gasteiger partial charge in [-0.2, -0.15) is 0 Å². The van der Waals surface area contributed by atoms with E-state index in [-0.39, 0.29) is 0 Å². The van der Waals surface area contributed by atoms with Crippen LogP contribution in [0.25, 0.3) is 0 Å². The minimum atomic E-state index is -1.83. The molecule has 1 aliphatic rings. The molecular formula is C7H20O3SSi3. The molecule has 7 heteroatoms. The summed E-state index contributed by atoms with van der Waals surface area (Å²) in [6, 6.07) is 2.44. The average Bonchev–Trinajstić information content (AvgIpc) is 1.98. The summed E-state index contributed by atoms with van der Waals surface area (Å²) in [6.07, 6.45) is 0. The molecule has 0 aromatic heterocycles. The van der Waals surface area contributed by atoms with Gasteiger partial charge in [-0.05, 0) is 19.1 Å². The third-order valence-corrected chi connectivity index (χ3v) is 11.4. The first-order valence-corrected chi connectivity index (χ1v) is 13.9. The lowest BCUT2D eigenvalue weighted by molar-refractivity contribution is 0.331. The van der Waals surface area contributed by atoms with Crippen molar-refractivity contribution >= 4 is 38.2 Å². The van der Waals surface area contributed by atoms with Crippen LogP contribution in [0.15, 0.2) is 0 Å². The Bertz CT molecular complexity index is 195. The Morgan fingerprint density at radius 3 is 2.43 bits per heavy atom. The van der Waals surface area contributed by atoms with Crippen molar-refractivity contribution in [3.8, 4) is 0 Å². The molecule has 1 rings (SSSR count). The highest BCUT2D eigenvalue weighted by molar-refractivity contribution is 7.91. The van der Waals surface area contributed by atoms with Crippen LogP contribution in [0.3, 0.4) is 0 Å². The normalized spacial score (nSPS) is 27.6. The zero-order chi connectivity index (χ0) is 10.8. The van der Waals surface area contributed by atoms with Crippen molar-refractivity contribution in [2.45, 2.75) is 44.8 Å². The molecule has 0 aliphatic carbocycles. The lowest BCUT2D eigenvalue weighted by Gasteiger charge is -2.32. The van der Waals surface area contributed by atoms with Gasteiger partial charge < -0.3 is 11.9 Å². The summed E-state index contributed by atoms with van der Waals surface area (Å²) in [6.45, 7) is 11.3. The summed E-state index contributed by atoms with van der Waals surface area (Å²) < 4.78 is 16.8. The second-order valence-electron chi connectivity index (χ2n) is 5.29. The Kier molecular flexibility index (Phi) is 4.45. The first kappa shape index (κ1) is 12.9. The van der Waals surface area contributed by atoms with Crippen LogP contribution in [0.2, 0.25) is 44.8 Å². The quantitative estimate of drug-likeness (QED) is 0.581. The standard InChI is InChI=1S/C7H20O3SSi3/c1-13(2,3)7-6-12-8-11-9-14(4,5)10-12/h12H,6-7H2,1-5H3. The highest BCUT2D eigenvalue weighted by Crippen LogP contribution is 2.28. The van der Waals surface area contributed by atoms with E-state index >= 15 is 0 Å². The van der Waals surface area contributed by atoms with E-state index in [1.807, 2.05) is 0 Å². The molecule has 1 fully saturated rings. The molecule has 1 unspecified atom stereocenters. The first-order valence-electron chi connectivity index (χ1n) is 4.97. The predicted octanol–water partition coefficient (Wildman–Crippen LogP) is 2.87. The van der Waals surface area contributed by atoms with Gasteiger partial charge in [-0.25, -0.2) is 0 Å². The maximum Gasteiger partial charge on any atom is 0.339 e. The Morgan fingerprint density at radius 1 is 1.29 bits per heavy atom. The highest BCUT2D eigenvalue weighted by atomic mass is 32.2. The van der Waals surface area contributed by atoms with Crippen molar-refractivity contribution in [1.29, 1.82) is 0 Å². The number of hydrogen-bond acceptors (Lipinski definition) is 4. The molecule has 0 bridgehead atoms. The minimum Gasteiger partial charge on any atom is -0.416 e. The van der Waals surface area contributed by atoms with Gasteiger partial charge in [-0.3, -0.25) is 0 Å². The zero-order valence-electron chi connectivity index (χ0n) is 9.62. The molecular weight excluding hydrogens is 248 g/mol. The Balaban J connectivity index is 2.32. The van der Waals surface area contributed by atoms with Gasteiger partial charge in [-0.15, -0.1) is 0 Å². The second kappa shape index (κ2) is 4.81. The van der Waals surface area contributed by atoms with E-state index in [2.05, 4.69) is 32.7 Å². The summed E-state index contributed by atoms with van der Waals surface area (Å²) in [5, 5.41) is 0. The first-order chi connectivity index (χ1) is 6.29. The van der Waals surface area contributed by atoms with Crippen molar-refractivity contribution in [3.05, 3.63) is 0 Å². The third-order valence-electron chi connectivity index (χ3n) is 1.93. The van der Waals surface area contributed by atoms with Crippen molar-refractivity contribution in [1.82, 2.24) is 0 Å². The monoisotopic (exact) mass is 268 g/mol. The van der Waals surface area contributed by atoms with Crippen LogP contribution in [0.1, 0.15) is 0 Å². The average molecular weight is 269 g/mol. The van der Waals surface area contributed by atoms with E-state index in [4.69, 9.17) is 11.9 Å². The highest BCUT2D eigenvalue weighted by Gasteiger charge is 2.36. The van der Waals surface area contributed by atoms with Gasteiger partial charge in [-0.1, -0.05) is 25.7 Å². The molecule has 0 saturated carbocycles. The molecule has 0 spiro atoms. The van der Waals surface area contributed by atoms with Gasteiger partial charge in [0.2, 0.25) is 0 Å². The molecule has 1 atom stereocenters. The third kappa shape index (κ3) is 5.10. The van der Waals surface area contributed by atoms with E-state index in [9.17, 15) is 0 Å². The molecule has 0 amide bonds. The maximum atomic E-state index is 5.90. The summed E-state index contributed by atoms with van der Waals surface area (Å²) in [5.41, 5.74) is 0. The van der Waals surface area contributed by atoms with E-state index in [1.54, 1.807) is 0 Å². The Labute approximate surface area is 95.0 Å². The van der Waals surface area contributed by atoms with Crippen LogP contribution in [0.5, 0.6) is 0 Å². The fourth-order valence-corrected chi connectivity index (χ4v) is 11.5. The van der Waals surface area contributed by atoms with E-state index in [0.29, 0.717) is 0 Å². The van der Waals surface area contributed by atoms with Crippen LogP contribution in [0, 0.1) is 0 Å². The van der Waals surface area contributed by atoms with E-state index in [1.165, 1.54) is 18.4 Å². The lowest BCUT2D eigenvalue weighted by atomic mass is 10.9. The Morgan fingerprint density at radius 2 is 1.93 bits per heavy atom. The molecule has 1 saturated heterocycles. The molecule has 1 aliphatic heterocycles. The van der Waals surface area contributed by atoms with Gasteiger partial charge in [0.25, 0.3) is 0 Å². The lowest BCUT2D eigenvalue weighted by Crippen LogP contribution is -2.44. The summed E-state index contributed by atoms with van der Waals surface area (Å²) in [4.78, 5) is 0. The second-order valence-corrected chi connectivity index (χ2v) is 17.7. The molecule has 3 nitrogen and oxygen atoms in total. The molecule has 0 radical (unpaired) electrons. The fraction of sp³-hybridized carbons (Fsp3) is 1.00. The molecule has 0 aromatic carbocycles. The SMILES string of the molecule is C[Si](C)(C)CC[SiH]1OSO[Si](C)(C)O1. The molecule has 0 aromatic rings. The van der Waals surface area contributed by atoms with E-state index in [0.717, 1.165) is 6.04 Å². The maximum absolute atomic E-state index is 5.90. The molecule has 84 valence electrons. The predicted molar refractivity (Wildman–Crippen MR) is 68.4 cm³/mol. The molecule has 0 N–H and O–H groups in total. The van der Waals surface area contributed by atoms with E-state index < -0.39 is 25.9 Å². The molecule has 14 heavy (non-hydrogen) atoms. The largest absolute Gasteiger partial charge is 0.416 e. The summed E-state index contributed by atoms with van der Waals surface area (Å²) in [5.74, 6) is 0. The summed E-state index contributed by atoms with van der Waals surface area (Å²) in [7, 11) is -4.20. The van der Waals surface area contributed by atoms with Gasteiger partial charge in [0.15, 0.2) is 0 Å². The zero-order valence-corrected chi connectivity index (χ0v) is 13.6. The summed E-state index contributed by atoms with van der Waals surface area (Å²) >= 11 is 1.17. The minimum absolute atomic E-state index is 0.947. The van der Waals surface area contributed by atoms with Crippen LogP contribution < -0.4 is 0 Å². The van der Waals surface area contributed by atoms with Crippen molar-refractivity contribution in [2.75, 3.05) is 0 Å². The van der Waals surface area contributed by atoms with Crippen LogP contribution in [-0.4, -0.2) is 25.9 Å². The van der Waals surface area contributed by atoms with Gasteiger partial charge in [0, 0.05) is 8.07 Å². The number of hydrogen-bond donors (Lipinski definition) is 0. The van der Waals surface area contributed by atoms with Crippen LogP contribution >= 0.6 is 12.3 Å². The topological polar surface area (TPSA) is 27.7 Å². The van der Waals surface area contributed by atoms with Crippen molar-refractivity contribution in [3.63, 3.8) is 0 Å². The Hall–Kier alpha value is 0.881. The van der Waals surface area contributed by atoms with Crippen molar-refractivity contribution < 1.29 is 11.9 Å². The van der Waals surface area contributed by atoms with Crippen LogP contribution in [-0.2, 0) is 11.9 Å². The molecule has 1 heterocycles.